The summed E-state index contributed by atoms with van der Waals surface area (Å²) in [5.41, 5.74) is 0.940. The molecule has 2 aromatic heterocycles. The minimum Gasteiger partial charge on any atom is -0.497 e. The predicted molar refractivity (Wildman–Crippen MR) is 111 cm³/mol. The lowest BCUT2D eigenvalue weighted by atomic mass is 10.1. The highest BCUT2D eigenvalue weighted by Gasteiger charge is 2.24. The van der Waals surface area contributed by atoms with Crippen molar-refractivity contribution in [3.8, 4) is 28.7 Å². The van der Waals surface area contributed by atoms with Crippen molar-refractivity contribution in [3.63, 3.8) is 0 Å². The second kappa shape index (κ2) is 7.84. The van der Waals surface area contributed by atoms with Crippen LogP contribution >= 0.6 is 11.8 Å². The molecule has 0 aliphatic rings. The van der Waals surface area contributed by atoms with Crippen LogP contribution in [0.1, 0.15) is 0 Å². The number of thioether (sulfide) groups is 1. The summed E-state index contributed by atoms with van der Waals surface area (Å²) >= 11 is 1.09. The molecule has 29 heavy (non-hydrogen) atoms. The van der Waals surface area contributed by atoms with Gasteiger partial charge in [-0.1, -0.05) is 24.8 Å². The number of nitrogens with zero attached hydrogens (tertiary/aromatic N) is 2. The number of benzene rings is 2. The number of H-pyrrole nitrogens is 1. The third-order valence-corrected chi connectivity index (χ3v) is 5.17. The van der Waals surface area contributed by atoms with E-state index in [1.807, 2.05) is 42.5 Å². The quantitative estimate of drug-likeness (QED) is 0.354. The van der Waals surface area contributed by atoms with Crippen LogP contribution in [0.25, 0.3) is 39.9 Å². The van der Waals surface area contributed by atoms with E-state index in [-0.39, 0.29) is 5.75 Å². The van der Waals surface area contributed by atoms with Crippen molar-refractivity contribution in [2.24, 2.45) is 0 Å². The Bertz CT molecular complexity index is 1210. The highest BCUT2D eigenvalue weighted by atomic mass is 32.2. The summed E-state index contributed by atoms with van der Waals surface area (Å²) in [6, 6.07) is 15.7. The Morgan fingerprint density at radius 3 is 2.76 bits per heavy atom. The Labute approximate surface area is 170 Å². The fourth-order valence-electron chi connectivity index (χ4n) is 2.95. The van der Waals surface area contributed by atoms with Gasteiger partial charge in [-0.2, -0.15) is 5.10 Å². The number of furan rings is 1. The zero-order valence-electron chi connectivity index (χ0n) is 15.6. The number of carbonyl (C=O) groups is 1. The fraction of sp³-hybridized carbons (Fsp3) is 0.0952. The van der Waals surface area contributed by atoms with E-state index in [4.69, 9.17) is 14.3 Å². The van der Waals surface area contributed by atoms with Crippen molar-refractivity contribution >= 4 is 34.7 Å². The zero-order chi connectivity index (χ0) is 20.4. The summed E-state index contributed by atoms with van der Waals surface area (Å²) in [6.45, 7) is 3.75. The molecule has 0 aliphatic heterocycles. The summed E-state index contributed by atoms with van der Waals surface area (Å²) < 4.78 is 12.9. The van der Waals surface area contributed by atoms with Gasteiger partial charge in [0.1, 0.15) is 23.5 Å². The number of nitrogens with one attached hydrogen (secondary N) is 1. The van der Waals surface area contributed by atoms with Crippen LogP contribution in [-0.2, 0) is 4.79 Å². The summed E-state index contributed by atoms with van der Waals surface area (Å²) in [5.74, 6) is 1.59. The number of carboxylic acid groups (broad SMARTS) is 1. The molecule has 0 bridgehead atoms. The third-order valence-electron chi connectivity index (χ3n) is 4.32. The Morgan fingerprint density at radius 2 is 2.00 bits per heavy atom. The van der Waals surface area contributed by atoms with Crippen molar-refractivity contribution in [1.82, 2.24) is 10.1 Å². The molecule has 0 fully saturated rings. The van der Waals surface area contributed by atoms with Gasteiger partial charge in [0.05, 0.1) is 7.11 Å². The molecule has 4 aromatic rings. The topological polar surface area (TPSA) is 92.2 Å². The standard InChI is InChI=1S/C21H17N3O4S/c1-3-24-20(22-21(23-24)29-12-19(25)26)18-9-8-17(28-18)15-5-4-14-11-16(27-2)7-6-13(14)10-15/h3-11H,1,12H2,2H3,(H,25,26)/p+1. The summed E-state index contributed by atoms with van der Waals surface area (Å²) in [5, 5.41) is 14.5. The number of aromatic amines is 1. The molecule has 0 unspecified atom stereocenters. The number of aromatic nitrogens is 3. The number of rotatable bonds is 7. The molecule has 8 heteroatoms. The van der Waals surface area contributed by atoms with Crippen LogP contribution in [-0.4, -0.2) is 34.0 Å². The van der Waals surface area contributed by atoms with Crippen LogP contribution in [0.15, 0.2) is 64.7 Å². The molecule has 2 aromatic carbocycles. The molecule has 0 amide bonds. The Hall–Kier alpha value is -3.52. The van der Waals surface area contributed by atoms with E-state index in [2.05, 4.69) is 22.7 Å². The second-order valence-electron chi connectivity index (χ2n) is 6.18. The second-order valence-corrected chi connectivity index (χ2v) is 7.14. The van der Waals surface area contributed by atoms with Crippen LogP contribution in [0.5, 0.6) is 5.75 Å². The Kier molecular flexibility index (Phi) is 5.09. The average molecular weight is 408 g/mol. The van der Waals surface area contributed by atoms with Crippen molar-refractivity contribution in [2.45, 2.75) is 5.16 Å². The molecule has 0 aliphatic carbocycles. The number of fused-ring (bicyclic) bond motifs is 1. The van der Waals surface area contributed by atoms with Crippen LogP contribution in [0, 0.1) is 0 Å². The Balaban J connectivity index is 1.65. The van der Waals surface area contributed by atoms with Crippen LogP contribution in [0.4, 0.5) is 0 Å². The maximum absolute atomic E-state index is 10.8. The minimum atomic E-state index is -0.910. The predicted octanol–water partition coefficient (Wildman–Crippen LogP) is 4.06. The molecule has 0 saturated carbocycles. The number of aliphatic carboxylic acids is 1. The highest BCUT2D eigenvalue weighted by molar-refractivity contribution is 7.99. The minimum absolute atomic E-state index is 0.0879. The smallest absolute Gasteiger partial charge is 0.392 e. The van der Waals surface area contributed by atoms with Crippen molar-refractivity contribution < 1.29 is 23.7 Å². The van der Waals surface area contributed by atoms with Gasteiger partial charge in [-0.15, -0.1) is 4.68 Å². The first-order valence-electron chi connectivity index (χ1n) is 8.74. The first kappa shape index (κ1) is 18.8. The fourth-order valence-corrected chi connectivity index (χ4v) is 3.52. The number of ether oxygens (including phenoxy) is 1. The maximum atomic E-state index is 10.8. The molecule has 0 saturated heterocycles. The lowest BCUT2D eigenvalue weighted by molar-refractivity contribution is -0.622. The zero-order valence-corrected chi connectivity index (χ0v) is 16.4. The normalized spacial score (nSPS) is 10.9. The number of carboxylic acids is 1. The van der Waals surface area contributed by atoms with Gasteiger partial charge in [0.25, 0.3) is 0 Å². The van der Waals surface area contributed by atoms with Gasteiger partial charge in [-0.25, -0.2) is 0 Å². The molecule has 2 N–H and O–H groups in total. The van der Waals surface area contributed by atoms with E-state index < -0.39 is 5.97 Å². The third kappa shape index (κ3) is 3.88. The SMILES string of the molecule is C=C[n+]1[nH]c(SCC(=O)O)nc1-c1ccc(-c2ccc3cc(OC)ccc3c2)o1. The lowest BCUT2D eigenvalue weighted by Gasteiger charge is -2.04. The summed E-state index contributed by atoms with van der Waals surface area (Å²) in [6.07, 6.45) is 1.55. The van der Waals surface area contributed by atoms with Gasteiger partial charge in [0.15, 0.2) is 0 Å². The Morgan fingerprint density at radius 1 is 1.24 bits per heavy atom. The van der Waals surface area contributed by atoms with Crippen LogP contribution in [0.3, 0.4) is 0 Å². The molecular weight excluding hydrogens is 390 g/mol. The van der Waals surface area contributed by atoms with Gasteiger partial charge >= 0.3 is 17.0 Å². The van der Waals surface area contributed by atoms with E-state index in [0.29, 0.717) is 22.5 Å². The highest BCUT2D eigenvalue weighted by Crippen LogP contribution is 2.30. The largest absolute Gasteiger partial charge is 0.497 e. The van der Waals surface area contributed by atoms with E-state index in [9.17, 15) is 4.79 Å². The summed E-state index contributed by atoms with van der Waals surface area (Å²) in [7, 11) is 1.65. The first-order valence-corrected chi connectivity index (χ1v) is 9.73. The van der Waals surface area contributed by atoms with Crippen LogP contribution in [0.2, 0.25) is 0 Å². The van der Waals surface area contributed by atoms with Crippen molar-refractivity contribution in [3.05, 3.63) is 55.1 Å². The van der Waals surface area contributed by atoms with E-state index in [1.54, 1.807) is 18.0 Å². The maximum Gasteiger partial charge on any atom is 0.392 e. The first-order chi connectivity index (χ1) is 14.1. The lowest BCUT2D eigenvalue weighted by Crippen LogP contribution is -2.29. The van der Waals surface area contributed by atoms with Gasteiger partial charge < -0.3 is 14.3 Å². The van der Waals surface area contributed by atoms with Gasteiger partial charge in [-0.05, 0) is 57.9 Å². The van der Waals surface area contributed by atoms with Crippen LogP contribution < -0.4 is 9.42 Å². The van der Waals surface area contributed by atoms with E-state index in [1.165, 1.54) is 0 Å². The van der Waals surface area contributed by atoms with Crippen molar-refractivity contribution in [1.29, 1.82) is 0 Å². The molecular formula is C21H18N3O4S+. The molecule has 7 nitrogen and oxygen atoms in total. The number of methoxy groups -OCH3 is 1. The molecule has 0 spiro atoms. The summed E-state index contributed by atoms with van der Waals surface area (Å²) in [4.78, 5) is 15.2. The van der Waals surface area contributed by atoms with Gasteiger partial charge in [0, 0.05) is 5.56 Å². The number of hydrogen-bond acceptors (Lipinski definition) is 5. The monoisotopic (exact) mass is 408 g/mol. The van der Waals surface area contributed by atoms with E-state index in [0.717, 1.165) is 33.8 Å². The van der Waals surface area contributed by atoms with Crippen molar-refractivity contribution in [2.75, 3.05) is 12.9 Å². The average Bonchev–Trinajstić information content (AvgIpc) is 3.38. The molecule has 0 atom stereocenters. The van der Waals surface area contributed by atoms with Gasteiger partial charge in [0.2, 0.25) is 5.76 Å². The molecule has 4 rings (SSSR count). The molecule has 146 valence electrons. The van der Waals surface area contributed by atoms with Gasteiger partial charge in [-0.3, -0.25) is 4.79 Å². The molecule has 2 heterocycles. The molecule has 0 radical (unpaired) electrons. The van der Waals surface area contributed by atoms with E-state index >= 15 is 0 Å². The number of hydrogen-bond donors (Lipinski definition) is 2.